The van der Waals surface area contributed by atoms with Crippen LogP contribution in [0.4, 0.5) is 0 Å². The minimum absolute atomic E-state index is 0.157. The van der Waals surface area contributed by atoms with Gasteiger partial charge in [-0.15, -0.1) is 0 Å². The lowest BCUT2D eigenvalue weighted by atomic mass is 9.94. The monoisotopic (exact) mass is 240 g/mol. The van der Waals surface area contributed by atoms with E-state index >= 15 is 0 Å². The molecule has 2 aliphatic rings. The van der Waals surface area contributed by atoms with Gasteiger partial charge < -0.3 is 15.4 Å². The summed E-state index contributed by atoms with van der Waals surface area (Å²) in [6.07, 6.45) is 4.29. The van der Waals surface area contributed by atoms with Gasteiger partial charge in [-0.3, -0.25) is 4.79 Å². The fourth-order valence-electron chi connectivity index (χ4n) is 2.67. The van der Waals surface area contributed by atoms with E-state index in [0.29, 0.717) is 12.1 Å². The van der Waals surface area contributed by atoms with E-state index in [4.69, 9.17) is 4.74 Å². The van der Waals surface area contributed by atoms with Crippen molar-refractivity contribution in [3.8, 4) is 0 Å². The Hall–Kier alpha value is -0.610. The predicted octanol–water partition coefficient (Wildman–Crippen LogP) is 1.06. The highest BCUT2D eigenvalue weighted by Gasteiger charge is 2.27. The van der Waals surface area contributed by atoms with Crippen molar-refractivity contribution < 1.29 is 9.53 Å². The highest BCUT2D eigenvalue weighted by molar-refractivity contribution is 5.79. The number of ether oxygens (including phenoxy) is 1. The Morgan fingerprint density at radius 3 is 2.76 bits per heavy atom. The van der Waals surface area contributed by atoms with Crippen molar-refractivity contribution in [3.05, 3.63) is 0 Å². The molecule has 0 aromatic rings. The summed E-state index contributed by atoms with van der Waals surface area (Å²) in [5, 5.41) is 6.55. The predicted molar refractivity (Wildman–Crippen MR) is 66.8 cm³/mol. The van der Waals surface area contributed by atoms with Crippen molar-refractivity contribution in [2.45, 2.75) is 57.7 Å². The van der Waals surface area contributed by atoms with Gasteiger partial charge >= 0.3 is 0 Å². The van der Waals surface area contributed by atoms with Gasteiger partial charge in [-0.1, -0.05) is 0 Å². The van der Waals surface area contributed by atoms with Crippen molar-refractivity contribution in [1.82, 2.24) is 10.6 Å². The average Bonchev–Trinajstić information content (AvgIpc) is 2.29. The molecule has 0 radical (unpaired) electrons. The second kappa shape index (κ2) is 5.83. The largest absolute Gasteiger partial charge is 0.378 e. The van der Waals surface area contributed by atoms with Crippen LogP contribution in [0.5, 0.6) is 0 Å². The molecule has 4 unspecified atom stereocenters. The van der Waals surface area contributed by atoms with Crippen LogP contribution < -0.4 is 10.6 Å². The van der Waals surface area contributed by atoms with Gasteiger partial charge in [0.15, 0.2) is 0 Å². The fourth-order valence-corrected chi connectivity index (χ4v) is 2.67. The Bertz CT molecular complexity index is 262. The minimum atomic E-state index is 0.157. The van der Waals surface area contributed by atoms with Crippen LogP contribution in [0.3, 0.4) is 0 Å². The van der Waals surface area contributed by atoms with Crippen molar-refractivity contribution in [2.75, 3.05) is 13.2 Å². The lowest BCUT2D eigenvalue weighted by Gasteiger charge is -2.31. The molecule has 2 saturated heterocycles. The van der Waals surface area contributed by atoms with Crippen molar-refractivity contribution >= 4 is 5.91 Å². The van der Waals surface area contributed by atoms with E-state index in [0.717, 1.165) is 38.8 Å². The van der Waals surface area contributed by atoms with E-state index in [1.54, 1.807) is 0 Å². The molecule has 1 amide bonds. The van der Waals surface area contributed by atoms with E-state index < -0.39 is 0 Å². The molecular formula is C13H24N2O2. The van der Waals surface area contributed by atoms with Gasteiger partial charge in [0, 0.05) is 25.2 Å². The van der Waals surface area contributed by atoms with Crippen molar-refractivity contribution in [1.29, 1.82) is 0 Å². The summed E-state index contributed by atoms with van der Waals surface area (Å²) in [6.45, 7) is 5.84. The topological polar surface area (TPSA) is 50.4 Å². The number of piperidine rings is 1. The van der Waals surface area contributed by atoms with E-state index in [1.165, 1.54) is 0 Å². The molecule has 2 rings (SSSR count). The van der Waals surface area contributed by atoms with Gasteiger partial charge in [-0.25, -0.2) is 0 Å². The molecule has 4 atom stereocenters. The van der Waals surface area contributed by atoms with Crippen LogP contribution in [0.1, 0.15) is 39.5 Å². The first kappa shape index (κ1) is 12.8. The number of carbonyl (C=O) groups is 1. The molecule has 4 heteroatoms. The SMILES string of the molecule is CC1CCC(C(=O)NC2CCOC(C)C2)CN1. The number of nitrogens with one attached hydrogen (secondary N) is 2. The summed E-state index contributed by atoms with van der Waals surface area (Å²) in [5.74, 6) is 0.382. The molecule has 98 valence electrons. The average molecular weight is 240 g/mol. The van der Waals surface area contributed by atoms with Crippen LogP contribution >= 0.6 is 0 Å². The van der Waals surface area contributed by atoms with Crippen LogP contribution in [0, 0.1) is 5.92 Å². The third-order valence-corrected chi connectivity index (χ3v) is 3.86. The first-order chi connectivity index (χ1) is 8.15. The molecular weight excluding hydrogens is 216 g/mol. The third kappa shape index (κ3) is 3.68. The zero-order valence-corrected chi connectivity index (χ0v) is 10.9. The van der Waals surface area contributed by atoms with E-state index in [2.05, 4.69) is 24.5 Å². The van der Waals surface area contributed by atoms with Crippen LogP contribution in [-0.2, 0) is 9.53 Å². The van der Waals surface area contributed by atoms with Gasteiger partial charge in [-0.2, -0.15) is 0 Å². The Balaban J connectivity index is 1.76. The maximum atomic E-state index is 12.1. The Labute approximate surface area is 103 Å². The zero-order chi connectivity index (χ0) is 12.3. The summed E-state index contributed by atoms with van der Waals surface area (Å²) < 4.78 is 5.49. The summed E-state index contributed by atoms with van der Waals surface area (Å²) in [6, 6.07) is 0.868. The van der Waals surface area contributed by atoms with Crippen LogP contribution in [0.15, 0.2) is 0 Å². The molecule has 2 fully saturated rings. The highest BCUT2D eigenvalue weighted by atomic mass is 16.5. The van der Waals surface area contributed by atoms with Gasteiger partial charge in [0.05, 0.1) is 12.0 Å². The molecule has 2 aliphatic heterocycles. The number of amides is 1. The number of carbonyl (C=O) groups excluding carboxylic acids is 1. The van der Waals surface area contributed by atoms with Crippen LogP contribution in [-0.4, -0.2) is 37.2 Å². The molecule has 0 bridgehead atoms. The second-order valence-electron chi connectivity index (χ2n) is 5.49. The van der Waals surface area contributed by atoms with Gasteiger partial charge in [-0.05, 0) is 39.5 Å². The fraction of sp³-hybridized carbons (Fsp3) is 0.923. The molecule has 2 N–H and O–H groups in total. The number of hydrogen-bond donors (Lipinski definition) is 2. The van der Waals surface area contributed by atoms with E-state index in [-0.39, 0.29) is 17.9 Å². The first-order valence-electron chi connectivity index (χ1n) is 6.80. The summed E-state index contributed by atoms with van der Waals surface area (Å²) >= 11 is 0. The highest BCUT2D eigenvalue weighted by Crippen LogP contribution is 2.17. The van der Waals surface area contributed by atoms with Crippen molar-refractivity contribution in [2.24, 2.45) is 5.92 Å². The summed E-state index contributed by atoms with van der Waals surface area (Å²) in [4.78, 5) is 12.1. The molecule has 0 spiro atoms. The molecule has 0 saturated carbocycles. The Morgan fingerprint density at radius 2 is 2.12 bits per heavy atom. The van der Waals surface area contributed by atoms with Gasteiger partial charge in [0.25, 0.3) is 0 Å². The lowest BCUT2D eigenvalue weighted by molar-refractivity contribution is -0.127. The molecule has 17 heavy (non-hydrogen) atoms. The van der Waals surface area contributed by atoms with Crippen molar-refractivity contribution in [3.63, 3.8) is 0 Å². The van der Waals surface area contributed by atoms with E-state index in [1.807, 2.05) is 0 Å². The van der Waals surface area contributed by atoms with Gasteiger partial charge in [0.1, 0.15) is 0 Å². The van der Waals surface area contributed by atoms with Gasteiger partial charge in [0.2, 0.25) is 5.91 Å². The summed E-state index contributed by atoms with van der Waals surface area (Å²) in [5.41, 5.74) is 0. The Kier molecular flexibility index (Phi) is 4.40. The smallest absolute Gasteiger partial charge is 0.224 e. The molecule has 0 aromatic heterocycles. The second-order valence-corrected chi connectivity index (χ2v) is 5.49. The summed E-state index contributed by atoms with van der Waals surface area (Å²) in [7, 11) is 0. The maximum absolute atomic E-state index is 12.1. The third-order valence-electron chi connectivity index (χ3n) is 3.86. The zero-order valence-electron chi connectivity index (χ0n) is 10.9. The van der Waals surface area contributed by atoms with Crippen LogP contribution in [0.2, 0.25) is 0 Å². The number of rotatable bonds is 2. The molecule has 0 aromatic carbocycles. The molecule has 2 heterocycles. The molecule has 4 nitrogen and oxygen atoms in total. The quantitative estimate of drug-likeness (QED) is 0.759. The lowest BCUT2D eigenvalue weighted by Crippen LogP contribution is -2.48. The van der Waals surface area contributed by atoms with Crippen LogP contribution in [0.25, 0.3) is 0 Å². The standard InChI is InChI=1S/C13H24N2O2/c1-9-3-4-11(8-14-9)13(16)15-12-5-6-17-10(2)7-12/h9-12,14H,3-8H2,1-2H3,(H,15,16). The first-order valence-corrected chi connectivity index (χ1v) is 6.80. The van der Waals surface area contributed by atoms with E-state index in [9.17, 15) is 4.79 Å². The Morgan fingerprint density at radius 1 is 1.29 bits per heavy atom. The maximum Gasteiger partial charge on any atom is 0.224 e. The minimum Gasteiger partial charge on any atom is -0.378 e. The molecule has 0 aliphatic carbocycles. The number of hydrogen-bond acceptors (Lipinski definition) is 3. The normalized spacial score (nSPS) is 38.7.